The van der Waals surface area contributed by atoms with Gasteiger partial charge < -0.3 is 19.5 Å². The van der Waals surface area contributed by atoms with E-state index in [-0.39, 0.29) is 37.4 Å². The van der Waals surface area contributed by atoms with Gasteiger partial charge in [-0.1, -0.05) is 37.3 Å². The average Bonchev–Trinajstić information content (AvgIpc) is 3.20. The number of halogens is 1. The zero-order chi connectivity index (χ0) is 23.8. The summed E-state index contributed by atoms with van der Waals surface area (Å²) in [6, 6.07) is 16.9. The maximum Gasteiger partial charge on any atom is 0.322 e. The number of carbonyl (C=O) groups is 2. The van der Waals surface area contributed by atoms with Crippen LogP contribution in [-0.2, 0) is 17.9 Å². The third-order valence-electron chi connectivity index (χ3n) is 5.28. The molecular weight excluding hydrogens is 421 g/mol. The molecule has 3 amide bonds. The lowest BCUT2D eigenvalue weighted by molar-refractivity contribution is -0.133. The Hall–Kier alpha value is -3.61. The third-order valence-corrected chi connectivity index (χ3v) is 5.28. The van der Waals surface area contributed by atoms with E-state index in [2.05, 4.69) is 5.32 Å². The Balaban J connectivity index is 1.76. The van der Waals surface area contributed by atoms with Crippen LogP contribution in [0, 0.1) is 19.7 Å². The number of aryl methyl sites for hydroxylation is 2. The molecule has 0 bridgehead atoms. The zero-order valence-corrected chi connectivity index (χ0v) is 19.3. The lowest BCUT2D eigenvalue weighted by Crippen LogP contribution is -2.44. The SMILES string of the molecule is CCCN(CC(=O)N(Cc1ccc(F)cc1)Cc1ccc(C)o1)C(=O)Nc1ccccc1C. The number of carbonyl (C=O) groups excluding carboxylic acids is 2. The predicted octanol–water partition coefficient (Wildman–Crippen LogP) is 5.51. The van der Waals surface area contributed by atoms with Crippen molar-refractivity contribution in [3.63, 3.8) is 0 Å². The van der Waals surface area contributed by atoms with E-state index in [9.17, 15) is 14.0 Å². The van der Waals surface area contributed by atoms with Crippen molar-refractivity contribution in [1.82, 2.24) is 9.80 Å². The van der Waals surface area contributed by atoms with Crippen LogP contribution in [0.15, 0.2) is 65.1 Å². The van der Waals surface area contributed by atoms with Crippen molar-refractivity contribution in [2.24, 2.45) is 0 Å². The number of anilines is 1. The van der Waals surface area contributed by atoms with E-state index < -0.39 is 0 Å². The highest BCUT2D eigenvalue weighted by atomic mass is 19.1. The van der Waals surface area contributed by atoms with E-state index in [4.69, 9.17) is 4.42 Å². The molecule has 0 fully saturated rings. The van der Waals surface area contributed by atoms with Crippen molar-refractivity contribution in [1.29, 1.82) is 0 Å². The quantitative estimate of drug-likeness (QED) is 0.467. The summed E-state index contributed by atoms with van der Waals surface area (Å²) in [4.78, 5) is 29.4. The minimum absolute atomic E-state index is 0.0769. The molecule has 0 unspecified atom stereocenters. The lowest BCUT2D eigenvalue weighted by atomic mass is 10.2. The Morgan fingerprint density at radius 3 is 2.30 bits per heavy atom. The molecule has 0 aliphatic carbocycles. The first-order chi connectivity index (χ1) is 15.9. The summed E-state index contributed by atoms with van der Waals surface area (Å²) in [5.41, 5.74) is 2.45. The second-order valence-electron chi connectivity index (χ2n) is 8.06. The highest BCUT2D eigenvalue weighted by Gasteiger charge is 2.22. The van der Waals surface area contributed by atoms with E-state index in [0.29, 0.717) is 24.4 Å². The van der Waals surface area contributed by atoms with Crippen LogP contribution in [0.25, 0.3) is 0 Å². The standard InChI is InChI=1S/C26H30FN3O3/c1-4-15-29(26(32)28-24-8-6-5-7-19(24)2)18-25(31)30(17-23-14-9-20(3)33-23)16-21-10-12-22(27)13-11-21/h5-14H,4,15-18H2,1-3H3,(H,28,32). The van der Waals surface area contributed by atoms with Gasteiger partial charge in [0.15, 0.2) is 0 Å². The van der Waals surface area contributed by atoms with Gasteiger partial charge in [-0.15, -0.1) is 0 Å². The molecule has 0 radical (unpaired) electrons. The van der Waals surface area contributed by atoms with Gasteiger partial charge in [-0.2, -0.15) is 0 Å². The highest BCUT2D eigenvalue weighted by Crippen LogP contribution is 2.16. The summed E-state index contributed by atoms with van der Waals surface area (Å²) in [5.74, 6) is 0.848. The molecule has 0 saturated carbocycles. The van der Waals surface area contributed by atoms with E-state index in [1.807, 2.05) is 57.2 Å². The summed E-state index contributed by atoms with van der Waals surface area (Å²) in [5, 5.41) is 2.90. The summed E-state index contributed by atoms with van der Waals surface area (Å²) in [7, 11) is 0. The van der Waals surface area contributed by atoms with Crippen LogP contribution in [0.2, 0.25) is 0 Å². The fourth-order valence-corrected chi connectivity index (χ4v) is 3.49. The van der Waals surface area contributed by atoms with Gasteiger partial charge in [0.2, 0.25) is 5.91 Å². The Labute approximate surface area is 194 Å². The van der Waals surface area contributed by atoms with Crippen molar-refractivity contribution in [3.05, 3.63) is 89.1 Å². The van der Waals surface area contributed by atoms with Crippen LogP contribution in [0.3, 0.4) is 0 Å². The molecule has 3 aromatic rings. The molecule has 6 nitrogen and oxygen atoms in total. The number of hydrogen-bond donors (Lipinski definition) is 1. The van der Waals surface area contributed by atoms with Crippen LogP contribution < -0.4 is 5.32 Å². The third kappa shape index (κ3) is 6.94. The minimum Gasteiger partial charge on any atom is -0.464 e. The highest BCUT2D eigenvalue weighted by molar-refractivity contribution is 5.93. The molecule has 0 aliphatic rings. The topological polar surface area (TPSA) is 65.8 Å². The van der Waals surface area contributed by atoms with E-state index >= 15 is 0 Å². The van der Waals surface area contributed by atoms with Gasteiger partial charge >= 0.3 is 6.03 Å². The molecule has 33 heavy (non-hydrogen) atoms. The molecule has 1 N–H and O–H groups in total. The summed E-state index contributed by atoms with van der Waals surface area (Å²) in [6.45, 7) is 6.61. The molecule has 0 atom stereocenters. The first-order valence-corrected chi connectivity index (χ1v) is 11.0. The normalized spacial score (nSPS) is 10.7. The maximum absolute atomic E-state index is 13.3. The van der Waals surface area contributed by atoms with E-state index in [1.54, 1.807) is 17.0 Å². The van der Waals surface area contributed by atoms with Gasteiger partial charge in [0.1, 0.15) is 23.9 Å². The Morgan fingerprint density at radius 2 is 1.67 bits per heavy atom. The van der Waals surface area contributed by atoms with Crippen molar-refractivity contribution >= 4 is 17.6 Å². The number of nitrogens with zero attached hydrogens (tertiary/aromatic N) is 2. The van der Waals surface area contributed by atoms with Crippen LogP contribution in [0.1, 0.15) is 36.0 Å². The van der Waals surface area contributed by atoms with E-state index in [1.165, 1.54) is 17.0 Å². The number of hydrogen-bond acceptors (Lipinski definition) is 3. The lowest BCUT2D eigenvalue weighted by Gasteiger charge is -2.27. The second kappa shape index (κ2) is 11.3. The molecule has 1 heterocycles. The number of amides is 3. The molecule has 0 saturated heterocycles. The van der Waals surface area contributed by atoms with Gasteiger partial charge in [0, 0.05) is 18.8 Å². The number of urea groups is 1. The van der Waals surface area contributed by atoms with Crippen molar-refractivity contribution in [2.75, 3.05) is 18.4 Å². The second-order valence-corrected chi connectivity index (χ2v) is 8.06. The summed E-state index contributed by atoms with van der Waals surface area (Å²) in [6.07, 6.45) is 0.712. The number of furan rings is 1. The number of rotatable bonds is 9. The van der Waals surface area contributed by atoms with Gasteiger partial charge in [-0.25, -0.2) is 9.18 Å². The number of para-hydroxylation sites is 1. The number of nitrogens with one attached hydrogen (secondary N) is 1. The molecule has 1 aromatic heterocycles. The fourth-order valence-electron chi connectivity index (χ4n) is 3.49. The Bertz CT molecular complexity index is 1080. The van der Waals surface area contributed by atoms with Gasteiger partial charge in [-0.05, 0) is 61.7 Å². The Kier molecular flexibility index (Phi) is 8.24. The molecule has 7 heteroatoms. The molecule has 3 rings (SSSR count). The molecule has 2 aromatic carbocycles. The van der Waals surface area contributed by atoms with Gasteiger partial charge in [0.05, 0.1) is 6.54 Å². The monoisotopic (exact) mass is 451 g/mol. The number of benzene rings is 2. The first-order valence-electron chi connectivity index (χ1n) is 11.0. The fraction of sp³-hybridized carbons (Fsp3) is 0.308. The van der Waals surface area contributed by atoms with Crippen LogP contribution in [-0.4, -0.2) is 34.8 Å². The van der Waals surface area contributed by atoms with Crippen LogP contribution in [0.4, 0.5) is 14.9 Å². The molecule has 0 spiro atoms. The predicted molar refractivity (Wildman–Crippen MR) is 126 cm³/mol. The first kappa shape index (κ1) is 24.0. The van der Waals surface area contributed by atoms with Crippen LogP contribution in [0.5, 0.6) is 0 Å². The smallest absolute Gasteiger partial charge is 0.322 e. The van der Waals surface area contributed by atoms with Crippen molar-refractivity contribution in [3.8, 4) is 0 Å². The molecular formula is C26H30FN3O3. The molecule has 174 valence electrons. The maximum atomic E-state index is 13.3. The Morgan fingerprint density at radius 1 is 0.939 bits per heavy atom. The van der Waals surface area contributed by atoms with Crippen molar-refractivity contribution in [2.45, 2.75) is 40.3 Å². The summed E-state index contributed by atoms with van der Waals surface area (Å²) >= 11 is 0. The largest absolute Gasteiger partial charge is 0.464 e. The van der Waals surface area contributed by atoms with Crippen LogP contribution >= 0.6 is 0 Å². The van der Waals surface area contributed by atoms with E-state index in [0.717, 1.165) is 16.9 Å². The average molecular weight is 452 g/mol. The van der Waals surface area contributed by atoms with Gasteiger partial charge in [0.25, 0.3) is 0 Å². The van der Waals surface area contributed by atoms with Crippen molar-refractivity contribution < 1.29 is 18.4 Å². The minimum atomic E-state index is -0.333. The summed E-state index contributed by atoms with van der Waals surface area (Å²) < 4.78 is 19.0. The zero-order valence-electron chi connectivity index (χ0n) is 19.3. The molecule has 0 aliphatic heterocycles. The van der Waals surface area contributed by atoms with Gasteiger partial charge in [-0.3, -0.25) is 4.79 Å².